The quantitative estimate of drug-likeness (QED) is 0.785. The van der Waals surface area contributed by atoms with Gasteiger partial charge in [-0.2, -0.15) is 0 Å². The summed E-state index contributed by atoms with van der Waals surface area (Å²) in [5, 5.41) is 2.97. The molecule has 110 valence electrons. The predicted molar refractivity (Wildman–Crippen MR) is 85.5 cm³/mol. The second-order valence-corrected chi connectivity index (χ2v) is 6.53. The fraction of sp³-hybridized carbons (Fsp3) is 0.625. The summed E-state index contributed by atoms with van der Waals surface area (Å²) in [6.07, 6.45) is 10.1. The van der Waals surface area contributed by atoms with E-state index in [1.165, 1.54) is 32.1 Å². The molecule has 0 aromatic carbocycles. The molecule has 1 amide bonds. The maximum absolute atomic E-state index is 12.2. The van der Waals surface area contributed by atoms with Gasteiger partial charge in [-0.3, -0.25) is 4.79 Å². The third-order valence-electron chi connectivity index (χ3n) is 4.18. The molecule has 20 heavy (non-hydrogen) atoms. The van der Waals surface area contributed by atoms with Crippen LogP contribution in [-0.2, 0) is 4.79 Å². The molecule has 1 aliphatic carbocycles. The highest BCUT2D eigenvalue weighted by molar-refractivity contribution is 9.10. The fourth-order valence-electron chi connectivity index (χ4n) is 2.90. The minimum absolute atomic E-state index is 0.156. The Morgan fingerprint density at radius 2 is 2.10 bits per heavy atom. The normalized spacial score (nSPS) is 22.5. The molecule has 1 fully saturated rings. The second kappa shape index (κ2) is 7.77. The minimum atomic E-state index is 0.156. The van der Waals surface area contributed by atoms with E-state index in [0.717, 1.165) is 29.1 Å². The molecule has 1 aliphatic rings. The summed E-state index contributed by atoms with van der Waals surface area (Å²) >= 11 is 3.29. The number of rotatable bonds is 5. The smallest absolute Gasteiger partial charge is 0.227 e. The highest BCUT2D eigenvalue weighted by Crippen LogP contribution is 2.32. The molecular weight excluding hydrogens is 316 g/mol. The number of carbonyl (C=O) groups is 1. The van der Waals surface area contributed by atoms with Gasteiger partial charge in [-0.15, -0.1) is 0 Å². The molecule has 0 bridgehead atoms. The molecule has 1 saturated carbocycles. The molecule has 0 aliphatic heterocycles. The van der Waals surface area contributed by atoms with Gasteiger partial charge in [0, 0.05) is 5.92 Å². The standard InChI is InChI=1S/C16H23BrN2O/c1-2-3-4-12-5-7-13(8-6-12)16(20)19-14-9-10-15(17)18-11-14/h9-13H,2-8H2,1H3,(H,19,20). The first-order chi connectivity index (χ1) is 9.69. The molecule has 0 spiro atoms. The Balaban J connectivity index is 1.78. The monoisotopic (exact) mass is 338 g/mol. The molecule has 2 rings (SSSR count). The van der Waals surface area contributed by atoms with E-state index < -0.39 is 0 Å². The van der Waals surface area contributed by atoms with Crippen molar-refractivity contribution in [1.82, 2.24) is 4.98 Å². The average Bonchev–Trinajstić information content (AvgIpc) is 2.48. The number of amides is 1. The van der Waals surface area contributed by atoms with Crippen molar-refractivity contribution in [2.24, 2.45) is 11.8 Å². The number of pyridine rings is 1. The molecule has 4 heteroatoms. The van der Waals surface area contributed by atoms with Gasteiger partial charge in [0.05, 0.1) is 11.9 Å². The van der Waals surface area contributed by atoms with Crippen molar-refractivity contribution in [1.29, 1.82) is 0 Å². The van der Waals surface area contributed by atoms with Crippen LogP contribution in [0.3, 0.4) is 0 Å². The molecule has 1 N–H and O–H groups in total. The predicted octanol–water partition coefficient (Wildman–Crippen LogP) is 4.78. The number of anilines is 1. The zero-order valence-corrected chi connectivity index (χ0v) is 13.7. The molecule has 1 aromatic rings. The number of halogens is 1. The molecule has 1 heterocycles. The van der Waals surface area contributed by atoms with Gasteiger partial charge in [-0.25, -0.2) is 4.98 Å². The van der Waals surface area contributed by atoms with E-state index in [9.17, 15) is 4.79 Å². The van der Waals surface area contributed by atoms with Crippen LogP contribution in [0.15, 0.2) is 22.9 Å². The van der Waals surface area contributed by atoms with Gasteiger partial charge in [0.1, 0.15) is 4.60 Å². The molecular formula is C16H23BrN2O. The van der Waals surface area contributed by atoms with Crippen LogP contribution in [-0.4, -0.2) is 10.9 Å². The maximum atomic E-state index is 12.2. The number of hydrogen-bond donors (Lipinski definition) is 1. The summed E-state index contributed by atoms with van der Waals surface area (Å²) in [5.74, 6) is 1.17. The van der Waals surface area contributed by atoms with Crippen molar-refractivity contribution in [3.8, 4) is 0 Å². The molecule has 3 nitrogen and oxygen atoms in total. The maximum Gasteiger partial charge on any atom is 0.227 e. The van der Waals surface area contributed by atoms with Crippen LogP contribution in [0.2, 0.25) is 0 Å². The Bertz CT molecular complexity index is 425. The minimum Gasteiger partial charge on any atom is -0.324 e. The molecule has 0 saturated heterocycles. The van der Waals surface area contributed by atoms with E-state index in [1.807, 2.05) is 12.1 Å². The van der Waals surface area contributed by atoms with Crippen molar-refractivity contribution in [2.75, 3.05) is 5.32 Å². The number of nitrogens with zero attached hydrogens (tertiary/aromatic N) is 1. The topological polar surface area (TPSA) is 42.0 Å². The number of aromatic nitrogens is 1. The molecule has 1 aromatic heterocycles. The molecule has 0 unspecified atom stereocenters. The van der Waals surface area contributed by atoms with Crippen molar-refractivity contribution in [2.45, 2.75) is 51.9 Å². The number of unbranched alkanes of at least 4 members (excludes halogenated alkanes) is 1. The summed E-state index contributed by atoms with van der Waals surface area (Å²) in [5.41, 5.74) is 0.784. The highest BCUT2D eigenvalue weighted by atomic mass is 79.9. The van der Waals surface area contributed by atoms with Crippen LogP contribution in [0.1, 0.15) is 51.9 Å². The highest BCUT2D eigenvalue weighted by Gasteiger charge is 2.25. The number of hydrogen-bond acceptors (Lipinski definition) is 2. The van der Waals surface area contributed by atoms with Gasteiger partial charge in [-0.05, 0) is 59.7 Å². The van der Waals surface area contributed by atoms with Crippen molar-refractivity contribution in [3.05, 3.63) is 22.9 Å². The van der Waals surface area contributed by atoms with Gasteiger partial charge in [0.2, 0.25) is 5.91 Å². The lowest BCUT2D eigenvalue weighted by Crippen LogP contribution is -2.27. The number of carbonyl (C=O) groups excluding carboxylic acids is 1. The zero-order chi connectivity index (χ0) is 14.4. The second-order valence-electron chi connectivity index (χ2n) is 5.72. The lowest BCUT2D eigenvalue weighted by Gasteiger charge is -2.27. The Kier molecular flexibility index (Phi) is 6.02. The number of nitrogens with one attached hydrogen (secondary N) is 1. The summed E-state index contributed by atoms with van der Waals surface area (Å²) in [7, 11) is 0. The van der Waals surface area contributed by atoms with Crippen LogP contribution in [0, 0.1) is 11.8 Å². The lowest BCUT2D eigenvalue weighted by molar-refractivity contribution is -0.121. The van der Waals surface area contributed by atoms with E-state index in [1.54, 1.807) is 6.20 Å². The first kappa shape index (κ1) is 15.5. The fourth-order valence-corrected chi connectivity index (χ4v) is 3.13. The van der Waals surface area contributed by atoms with E-state index in [2.05, 4.69) is 33.2 Å². The largest absolute Gasteiger partial charge is 0.324 e. The van der Waals surface area contributed by atoms with Crippen molar-refractivity contribution < 1.29 is 4.79 Å². The molecule has 0 radical (unpaired) electrons. The summed E-state index contributed by atoms with van der Waals surface area (Å²) in [6, 6.07) is 3.72. The Labute approximate surface area is 129 Å². The van der Waals surface area contributed by atoms with Crippen LogP contribution >= 0.6 is 15.9 Å². The van der Waals surface area contributed by atoms with Gasteiger partial charge in [-0.1, -0.05) is 26.2 Å². The van der Waals surface area contributed by atoms with Crippen LogP contribution < -0.4 is 5.32 Å². The van der Waals surface area contributed by atoms with Gasteiger partial charge in [0.15, 0.2) is 0 Å². The van der Waals surface area contributed by atoms with Gasteiger partial charge >= 0.3 is 0 Å². The third kappa shape index (κ3) is 4.58. The van der Waals surface area contributed by atoms with E-state index in [0.29, 0.717) is 0 Å². The van der Waals surface area contributed by atoms with Crippen molar-refractivity contribution in [3.63, 3.8) is 0 Å². The molecule has 0 atom stereocenters. The summed E-state index contributed by atoms with van der Waals surface area (Å²) in [4.78, 5) is 16.3. The summed E-state index contributed by atoms with van der Waals surface area (Å²) in [6.45, 7) is 2.24. The van der Waals surface area contributed by atoms with E-state index >= 15 is 0 Å². The van der Waals surface area contributed by atoms with Crippen LogP contribution in [0.5, 0.6) is 0 Å². The Hall–Kier alpha value is -0.900. The average molecular weight is 339 g/mol. The van der Waals surface area contributed by atoms with Gasteiger partial charge < -0.3 is 5.32 Å². The van der Waals surface area contributed by atoms with E-state index in [-0.39, 0.29) is 11.8 Å². The summed E-state index contributed by atoms with van der Waals surface area (Å²) < 4.78 is 0.784. The Morgan fingerprint density at radius 1 is 1.35 bits per heavy atom. The van der Waals surface area contributed by atoms with Crippen LogP contribution in [0.25, 0.3) is 0 Å². The van der Waals surface area contributed by atoms with E-state index in [4.69, 9.17) is 0 Å². The first-order valence-corrected chi connectivity index (χ1v) is 8.40. The SMILES string of the molecule is CCCCC1CCC(C(=O)Nc2ccc(Br)nc2)CC1. The van der Waals surface area contributed by atoms with Crippen molar-refractivity contribution >= 4 is 27.5 Å². The Morgan fingerprint density at radius 3 is 2.70 bits per heavy atom. The lowest BCUT2D eigenvalue weighted by atomic mass is 9.79. The zero-order valence-electron chi connectivity index (χ0n) is 12.1. The van der Waals surface area contributed by atoms with Gasteiger partial charge in [0.25, 0.3) is 0 Å². The first-order valence-electron chi connectivity index (χ1n) is 7.61. The van der Waals surface area contributed by atoms with Crippen LogP contribution in [0.4, 0.5) is 5.69 Å². The third-order valence-corrected chi connectivity index (χ3v) is 4.65.